The summed E-state index contributed by atoms with van der Waals surface area (Å²) in [5.41, 5.74) is 0.249. The summed E-state index contributed by atoms with van der Waals surface area (Å²) in [5, 5.41) is 6.81. The van der Waals surface area contributed by atoms with Gasteiger partial charge in [-0.3, -0.25) is 0 Å². The number of hydrogen-bond donors (Lipinski definition) is 2. The fourth-order valence-corrected chi connectivity index (χ4v) is 1.90. The van der Waals surface area contributed by atoms with E-state index >= 15 is 0 Å². The van der Waals surface area contributed by atoms with Gasteiger partial charge in [0.2, 0.25) is 0 Å². The lowest BCUT2D eigenvalue weighted by molar-refractivity contribution is 0.273. The summed E-state index contributed by atoms with van der Waals surface area (Å²) in [5.74, 6) is 1.03. The molecule has 0 heterocycles. The van der Waals surface area contributed by atoms with Crippen LogP contribution in [-0.4, -0.2) is 25.7 Å². The van der Waals surface area contributed by atoms with Gasteiger partial charge >= 0.3 is 0 Å². The van der Waals surface area contributed by atoms with Crippen molar-refractivity contribution in [3.8, 4) is 0 Å². The molecule has 2 N–H and O–H groups in total. The highest BCUT2D eigenvalue weighted by Gasteiger charge is 2.19. The van der Waals surface area contributed by atoms with Gasteiger partial charge in [0.05, 0.1) is 0 Å². The third kappa shape index (κ3) is 4.10. The molecule has 0 unspecified atom stereocenters. The van der Waals surface area contributed by atoms with Crippen molar-refractivity contribution >= 4 is 0 Å². The molecule has 2 nitrogen and oxygen atoms in total. The van der Waals surface area contributed by atoms with Crippen molar-refractivity contribution in [1.29, 1.82) is 0 Å². The van der Waals surface area contributed by atoms with E-state index in [1.807, 2.05) is 7.05 Å². The van der Waals surface area contributed by atoms with Crippen molar-refractivity contribution < 1.29 is 0 Å². The molecule has 1 aliphatic carbocycles. The van der Waals surface area contributed by atoms with E-state index in [1.54, 1.807) is 0 Å². The van der Waals surface area contributed by atoms with Gasteiger partial charge in [-0.25, -0.2) is 0 Å². The van der Waals surface area contributed by atoms with Crippen LogP contribution in [0.25, 0.3) is 0 Å². The Labute approximate surface area is 82.5 Å². The molecule has 1 saturated carbocycles. The molecular weight excluding hydrogens is 160 g/mol. The average molecular weight is 184 g/mol. The second kappa shape index (κ2) is 4.97. The molecule has 78 valence electrons. The summed E-state index contributed by atoms with van der Waals surface area (Å²) in [6.45, 7) is 6.73. The maximum absolute atomic E-state index is 3.60. The topological polar surface area (TPSA) is 24.1 Å². The first-order chi connectivity index (χ1) is 6.14. The second-order valence-corrected chi connectivity index (χ2v) is 4.93. The molecule has 0 aromatic heterocycles. The van der Waals surface area contributed by atoms with Crippen LogP contribution in [0.5, 0.6) is 0 Å². The van der Waals surface area contributed by atoms with Gasteiger partial charge in [-0.1, -0.05) is 19.3 Å². The fourth-order valence-electron chi connectivity index (χ4n) is 1.90. The van der Waals surface area contributed by atoms with Crippen LogP contribution in [0.1, 0.15) is 39.5 Å². The minimum absolute atomic E-state index is 0.249. The molecule has 1 rings (SSSR count). The fraction of sp³-hybridized carbons (Fsp3) is 1.00. The van der Waals surface area contributed by atoms with Crippen LogP contribution in [0.2, 0.25) is 0 Å². The Hall–Kier alpha value is -0.0800. The standard InChI is InChI=1S/C11H24N2/c1-11(2,9-12-3)13-8-7-10-5-4-6-10/h10,12-13H,4-9H2,1-3H3. The smallest absolute Gasteiger partial charge is 0.0249 e. The Balaban J connectivity index is 2.02. The van der Waals surface area contributed by atoms with Crippen molar-refractivity contribution in [2.24, 2.45) is 5.92 Å². The Morgan fingerprint density at radius 3 is 2.46 bits per heavy atom. The third-order valence-electron chi connectivity index (χ3n) is 3.00. The Morgan fingerprint density at radius 2 is 2.00 bits per heavy atom. The van der Waals surface area contributed by atoms with Crippen LogP contribution >= 0.6 is 0 Å². The lowest BCUT2D eigenvalue weighted by Gasteiger charge is -2.30. The minimum atomic E-state index is 0.249. The predicted molar refractivity (Wildman–Crippen MR) is 58.0 cm³/mol. The summed E-state index contributed by atoms with van der Waals surface area (Å²) in [4.78, 5) is 0. The molecule has 0 aromatic rings. The number of rotatable bonds is 6. The molecule has 2 heteroatoms. The van der Waals surface area contributed by atoms with Crippen LogP contribution in [-0.2, 0) is 0 Å². The number of hydrogen-bond acceptors (Lipinski definition) is 2. The third-order valence-corrected chi connectivity index (χ3v) is 3.00. The highest BCUT2D eigenvalue weighted by Crippen LogP contribution is 2.28. The quantitative estimate of drug-likeness (QED) is 0.657. The highest BCUT2D eigenvalue weighted by molar-refractivity contribution is 4.80. The Bertz CT molecular complexity index is 139. The summed E-state index contributed by atoms with van der Waals surface area (Å²) in [6, 6.07) is 0. The zero-order chi connectivity index (χ0) is 9.73. The summed E-state index contributed by atoms with van der Waals surface area (Å²) in [6.07, 6.45) is 5.76. The number of likely N-dealkylation sites (N-methyl/N-ethyl adjacent to an activating group) is 1. The lowest BCUT2D eigenvalue weighted by atomic mass is 9.83. The lowest BCUT2D eigenvalue weighted by Crippen LogP contribution is -2.47. The molecule has 0 spiro atoms. The summed E-state index contributed by atoms with van der Waals surface area (Å²) in [7, 11) is 2.01. The first kappa shape index (κ1) is 11.0. The first-order valence-corrected chi connectivity index (χ1v) is 5.54. The van der Waals surface area contributed by atoms with E-state index < -0.39 is 0 Å². The van der Waals surface area contributed by atoms with Gasteiger partial charge in [0.15, 0.2) is 0 Å². The second-order valence-electron chi connectivity index (χ2n) is 4.93. The van der Waals surface area contributed by atoms with Gasteiger partial charge in [-0.2, -0.15) is 0 Å². The van der Waals surface area contributed by atoms with Crippen LogP contribution in [0, 0.1) is 5.92 Å². The van der Waals surface area contributed by atoms with Crippen LogP contribution in [0.3, 0.4) is 0 Å². The Morgan fingerprint density at radius 1 is 1.31 bits per heavy atom. The molecule has 1 aliphatic rings. The molecule has 0 saturated heterocycles. The predicted octanol–water partition coefficient (Wildman–Crippen LogP) is 1.76. The normalized spacial score (nSPS) is 18.7. The monoisotopic (exact) mass is 184 g/mol. The van der Waals surface area contributed by atoms with Gasteiger partial charge in [-0.15, -0.1) is 0 Å². The molecule has 0 aliphatic heterocycles. The molecule has 0 radical (unpaired) electrons. The number of nitrogens with one attached hydrogen (secondary N) is 2. The molecule has 0 amide bonds. The molecular formula is C11H24N2. The molecule has 0 bridgehead atoms. The zero-order valence-electron chi connectivity index (χ0n) is 9.32. The van der Waals surface area contributed by atoms with E-state index in [-0.39, 0.29) is 5.54 Å². The SMILES string of the molecule is CNCC(C)(C)NCCC1CCC1. The van der Waals surface area contributed by atoms with Crippen molar-refractivity contribution in [3.63, 3.8) is 0 Å². The maximum Gasteiger partial charge on any atom is 0.0249 e. The molecule has 1 fully saturated rings. The van der Waals surface area contributed by atoms with Gasteiger partial charge < -0.3 is 10.6 Å². The van der Waals surface area contributed by atoms with Gasteiger partial charge in [-0.05, 0) is 39.8 Å². The Kier molecular flexibility index (Phi) is 4.20. The first-order valence-electron chi connectivity index (χ1n) is 5.54. The van der Waals surface area contributed by atoms with Crippen molar-refractivity contribution in [2.45, 2.75) is 45.1 Å². The highest BCUT2D eigenvalue weighted by atomic mass is 15.0. The summed E-state index contributed by atoms with van der Waals surface area (Å²) >= 11 is 0. The average Bonchev–Trinajstić information content (AvgIpc) is 1.94. The zero-order valence-corrected chi connectivity index (χ0v) is 9.32. The van der Waals surface area contributed by atoms with Crippen LogP contribution in [0.15, 0.2) is 0 Å². The van der Waals surface area contributed by atoms with E-state index in [4.69, 9.17) is 0 Å². The van der Waals surface area contributed by atoms with Crippen LogP contribution < -0.4 is 10.6 Å². The van der Waals surface area contributed by atoms with E-state index in [2.05, 4.69) is 24.5 Å². The van der Waals surface area contributed by atoms with E-state index in [9.17, 15) is 0 Å². The molecule has 0 aromatic carbocycles. The van der Waals surface area contributed by atoms with Gasteiger partial charge in [0.25, 0.3) is 0 Å². The molecule has 13 heavy (non-hydrogen) atoms. The van der Waals surface area contributed by atoms with Crippen molar-refractivity contribution in [2.75, 3.05) is 20.1 Å². The minimum Gasteiger partial charge on any atom is -0.318 e. The van der Waals surface area contributed by atoms with E-state index in [0.29, 0.717) is 0 Å². The summed E-state index contributed by atoms with van der Waals surface area (Å²) < 4.78 is 0. The van der Waals surface area contributed by atoms with Crippen molar-refractivity contribution in [1.82, 2.24) is 10.6 Å². The van der Waals surface area contributed by atoms with Crippen molar-refractivity contribution in [3.05, 3.63) is 0 Å². The van der Waals surface area contributed by atoms with E-state index in [1.165, 1.54) is 32.2 Å². The maximum atomic E-state index is 3.60. The van der Waals surface area contributed by atoms with Crippen LogP contribution in [0.4, 0.5) is 0 Å². The largest absolute Gasteiger partial charge is 0.318 e. The van der Waals surface area contributed by atoms with Gasteiger partial charge in [0, 0.05) is 12.1 Å². The van der Waals surface area contributed by atoms with E-state index in [0.717, 1.165) is 12.5 Å². The van der Waals surface area contributed by atoms with Gasteiger partial charge in [0.1, 0.15) is 0 Å². The molecule has 0 atom stereocenters.